The van der Waals surface area contributed by atoms with E-state index in [1.807, 2.05) is 0 Å². The molecule has 8 heavy (non-hydrogen) atoms. The minimum atomic E-state index is -1.99. The number of aliphatic hydroxyl groups excluding tert-OH is 1. The molecular weight excluding hydrogens is 109 g/mol. The number of nitrogens with two attached hydrogens (primary N) is 1. The summed E-state index contributed by atoms with van der Waals surface area (Å²) in [7, 11) is 4.79. The topological polar surface area (TPSA) is 83.5 Å². The summed E-state index contributed by atoms with van der Waals surface area (Å²) in [6.07, 6.45) is 0. The van der Waals surface area contributed by atoms with Crippen molar-refractivity contribution in [3.8, 4) is 0 Å². The number of hydrogen-bond donors (Lipinski definition) is 3. The third-order valence-electron chi connectivity index (χ3n) is 0.660. The standard InChI is InChI=1S/C3H6BNO3/c4-3(5,1-6)2(7)8/h6H,1,5H2,(H,7,8)/t3-/m1/s1. The van der Waals surface area contributed by atoms with Crippen LogP contribution in [0.4, 0.5) is 0 Å². The van der Waals surface area contributed by atoms with Crippen LogP contribution in [0.1, 0.15) is 0 Å². The normalized spacial score (nSPS) is 17.2. The first kappa shape index (κ1) is 7.45. The Hall–Kier alpha value is -0.545. The van der Waals surface area contributed by atoms with E-state index < -0.39 is 18.0 Å². The Morgan fingerprint density at radius 1 is 1.88 bits per heavy atom. The summed E-state index contributed by atoms with van der Waals surface area (Å²) >= 11 is 0. The van der Waals surface area contributed by atoms with Gasteiger partial charge in [0.15, 0.2) is 0 Å². The smallest absolute Gasteiger partial charge is 0.316 e. The molecule has 0 heterocycles. The van der Waals surface area contributed by atoms with Crippen LogP contribution in [0.3, 0.4) is 0 Å². The maximum atomic E-state index is 9.84. The lowest BCUT2D eigenvalue weighted by molar-refractivity contribution is -0.141. The lowest BCUT2D eigenvalue weighted by Crippen LogP contribution is -2.51. The quantitative estimate of drug-likeness (QED) is 0.359. The molecule has 0 spiro atoms. The minimum Gasteiger partial charge on any atom is -0.480 e. The lowest BCUT2D eigenvalue weighted by Gasteiger charge is -2.14. The van der Waals surface area contributed by atoms with Gasteiger partial charge in [0.05, 0.1) is 12.0 Å². The van der Waals surface area contributed by atoms with E-state index in [0.29, 0.717) is 0 Å². The maximum Gasteiger partial charge on any atom is 0.316 e. The van der Waals surface area contributed by atoms with Crippen molar-refractivity contribution < 1.29 is 15.0 Å². The van der Waals surface area contributed by atoms with Crippen LogP contribution in [-0.4, -0.2) is 36.1 Å². The van der Waals surface area contributed by atoms with Crippen molar-refractivity contribution in [1.29, 1.82) is 0 Å². The number of hydrogen-bond acceptors (Lipinski definition) is 3. The van der Waals surface area contributed by atoms with Crippen LogP contribution in [0.2, 0.25) is 0 Å². The summed E-state index contributed by atoms with van der Waals surface area (Å²) in [5.74, 6) is -1.42. The number of carboxylic acid groups (broad SMARTS) is 1. The number of carbonyl (C=O) groups is 1. The number of carboxylic acids is 1. The molecule has 0 bridgehead atoms. The van der Waals surface area contributed by atoms with Gasteiger partial charge in [0.1, 0.15) is 7.85 Å². The molecule has 1 atom stereocenters. The van der Waals surface area contributed by atoms with E-state index in [0.717, 1.165) is 0 Å². The molecule has 0 saturated heterocycles. The highest BCUT2D eigenvalue weighted by molar-refractivity contribution is 6.26. The van der Waals surface area contributed by atoms with E-state index in [-0.39, 0.29) is 0 Å². The molecule has 0 aromatic rings. The highest BCUT2D eigenvalue weighted by Gasteiger charge is 2.25. The Morgan fingerprint density at radius 2 is 2.25 bits per heavy atom. The number of aliphatic hydroxyl groups is 1. The first-order valence-electron chi connectivity index (χ1n) is 1.92. The monoisotopic (exact) mass is 115 g/mol. The van der Waals surface area contributed by atoms with Crippen LogP contribution in [-0.2, 0) is 4.79 Å². The fourth-order valence-corrected chi connectivity index (χ4v) is 0.0676. The van der Waals surface area contributed by atoms with Gasteiger partial charge in [0.25, 0.3) is 0 Å². The van der Waals surface area contributed by atoms with E-state index in [2.05, 4.69) is 0 Å². The predicted molar refractivity (Wildman–Crippen MR) is 27.4 cm³/mol. The average Bonchev–Trinajstić information content (AvgIpc) is 1.67. The first-order valence-corrected chi connectivity index (χ1v) is 1.92. The van der Waals surface area contributed by atoms with Crippen molar-refractivity contribution in [3.05, 3.63) is 0 Å². The van der Waals surface area contributed by atoms with Gasteiger partial charge in [-0.3, -0.25) is 4.79 Å². The van der Waals surface area contributed by atoms with Gasteiger partial charge < -0.3 is 15.9 Å². The minimum absolute atomic E-state index is 0.762. The number of rotatable bonds is 2. The molecule has 0 saturated carbocycles. The second-order valence-electron chi connectivity index (χ2n) is 1.50. The van der Waals surface area contributed by atoms with Gasteiger partial charge in [0.2, 0.25) is 0 Å². The zero-order valence-electron chi connectivity index (χ0n) is 4.16. The maximum absolute atomic E-state index is 9.84. The van der Waals surface area contributed by atoms with Crippen molar-refractivity contribution in [3.63, 3.8) is 0 Å². The summed E-state index contributed by atoms with van der Waals surface area (Å²) in [6.45, 7) is -0.762. The first-order chi connectivity index (χ1) is 3.50. The van der Waals surface area contributed by atoms with Crippen LogP contribution in [0, 0.1) is 0 Å². The Kier molecular flexibility index (Phi) is 2.00. The van der Waals surface area contributed by atoms with Crippen molar-refractivity contribution in [1.82, 2.24) is 0 Å². The molecule has 0 aliphatic carbocycles. The van der Waals surface area contributed by atoms with Gasteiger partial charge in [0, 0.05) is 0 Å². The second-order valence-corrected chi connectivity index (χ2v) is 1.50. The lowest BCUT2D eigenvalue weighted by atomic mass is 9.80. The van der Waals surface area contributed by atoms with Gasteiger partial charge in [-0.25, -0.2) is 0 Å². The third-order valence-corrected chi connectivity index (χ3v) is 0.660. The second kappa shape index (κ2) is 2.15. The van der Waals surface area contributed by atoms with Crippen LogP contribution >= 0.6 is 0 Å². The molecule has 0 aliphatic heterocycles. The van der Waals surface area contributed by atoms with Crippen LogP contribution < -0.4 is 5.73 Å². The van der Waals surface area contributed by atoms with Crippen molar-refractivity contribution in [2.24, 2.45) is 5.73 Å². The summed E-state index contributed by atoms with van der Waals surface area (Å²) < 4.78 is 0. The van der Waals surface area contributed by atoms with Crippen molar-refractivity contribution >= 4 is 13.8 Å². The van der Waals surface area contributed by atoms with E-state index >= 15 is 0 Å². The summed E-state index contributed by atoms with van der Waals surface area (Å²) in [5, 5.41) is 16.2. The van der Waals surface area contributed by atoms with E-state index in [1.165, 1.54) is 0 Å². The molecule has 0 unspecified atom stereocenters. The number of aliphatic carboxylic acids is 1. The Bertz CT molecular complexity index is 103. The van der Waals surface area contributed by atoms with Crippen LogP contribution in [0.15, 0.2) is 0 Å². The zero-order chi connectivity index (χ0) is 6.78. The molecule has 0 amide bonds. The van der Waals surface area contributed by atoms with Gasteiger partial charge in [-0.15, -0.1) is 0 Å². The largest absolute Gasteiger partial charge is 0.480 e. The zero-order valence-corrected chi connectivity index (χ0v) is 4.16. The van der Waals surface area contributed by atoms with Crippen molar-refractivity contribution in [2.75, 3.05) is 6.61 Å². The van der Waals surface area contributed by atoms with Crippen LogP contribution in [0.5, 0.6) is 0 Å². The van der Waals surface area contributed by atoms with Gasteiger partial charge >= 0.3 is 5.97 Å². The molecule has 44 valence electrons. The Labute approximate surface area is 47.7 Å². The predicted octanol–water partition coefficient (Wildman–Crippen LogP) is -2.11. The summed E-state index contributed by atoms with van der Waals surface area (Å²) in [4.78, 5) is 9.84. The molecule has 0 fully saturated rings. The highest BCUT2D eigenvalue weighted by Crippen LogP contribution is 1.89. The summed E-state index contributed by atoms with van der Waals surface area (Å²) in [6, 6.07) is 0. The van der Waals surface area contributed by atoms with E-state index in [9.17, 15) is 4.79 Å². The molecule has 0 aromatic carbocycles. The van der Waals surface area contributed by atoms with Gasteiger partial charge in [-0.1, -0.05) is 0 Å². The Balaban J connectivity index is 3.91. The third kappa shape index (κ3) is 1.51. The molecule has 4 nitrogen and oxygen atoms in total. The Morgan fingerprint density at radius 3 is 2.25 bits per heavy atom. The van der Waals surface area contributed by atoms with E-state index in [1.54, 1.807) is 0 Å². The fourth-order valence-electron chi connectivity index (χ4n) is 0.0676. The molecule has 0 rings (SSSR count). The summed E-state index contributed by atoms with van der Waals surface area (Å²) in [5.41, 5.74) is 2.80. The van der Waals surface area contributed by atoms with Crippen LogP contribution in [0.25, 0.3) is 0 Å². The molecule has 2 radical (unpaired) electrons. The molecule has 4 N–H and O–H groups in total. The molecular formula is C3H6BNO3. The van der Waals surface area contributed by atoms with Gasteiger partial charge in [-0.2, -0.15) is 0 Å². The molecule has 0 aliphatic rings. The SMILES string of the molecule is [B][C@@](N)(CO)C(=O)O. The highest BCUT2D eigenvalue weighted by atomic mass is 16.4. The van der Waals surface area contributed by atoms with Crippen molar-refractivity contribution in [2.45, 2.75) is 5.44 Å². The van der Waals surface area contributed by atoms with E-state index in [4.69, 9.17) is 23.8 Å². The average molecular weight is 115 g/mol. The fraction of sp³-hybridized carbons (Fsp3) is 0.667. The molecule has 0 aromatic heterocycles. The van der Waals surface area contributed by atoms with Gasteiger partial charge in [-0.05, 0) is 0 Å². The molecule has 5 heteroatoms.